The third-order valence-electron chi connectivity index (χ3n) is 5.99. The minimum Gasteiger partial charge on any atom is -0.348 e. The smallest absolute Gasteiger partial charge is 0.264 e. The van der Waals surface area contributed by atoms with Crippen molar-refractivity contribution in [2.24, 2.45) is 0 Å². The molecular formula is C26H27ClN2O3S. The highest BCUT2D eigenvalue weighted by Crippen LogP contribution is 2.27. The van der Waals surface area contributed by atoms with Gasteiger partial charge in [0, 0.05) is 5.02 Å². The molecule has 3 aromatic rings. The summed E-state index contributed by atoms with van der Waals surface area (Å²) in [5.74, 6) is -0.390. The van der Waals surface area contributed by atoms with Crippen molar-refractivity contribution in [3.63, 3.8) is 0 Å². The predicted octanol–water partition coefficient (Wildman–Crippen LogP) is 5.21. The van der Waals surface area contributed by atoms with Gasteiger partial charge in [-0.15, -0.1) is 0 Å². The molecule has 172 valence electrons. The third kappa shape index (κ3) is 5.23. The molecule has 0 heterocycles. The summed E-state index contributed by atoms with van der Waals surface area (Å²) in [5.41, 5.74) is 5.00. The van der Waals surface area contributed by atoms with Crippen LogP contribution in [0.2, 0.25) is 5.02 Å². The Balaban J connectivity index is 1.58. The Morgan fingerprint density at radius 1 is 1.03 bits per heavy atom. The summed E-state index contributed by atoms with van der Waals surface area (Å²) in [6.07, 6.45) is 3.31. The van der Waals surface area contributed by atoms with E-state index in [2.05, 4.69) is 17.4 Å². The number of nitrogens with one attached hydrogen (secondary N) is 1. The zero-order chi connectivity index (χ0) is 23.6. The number of benzene rings is 3. The van der Waals surface area contributed by atoms with Crippen molar-refractivity contribution in [3.05, 3.63) is 94.0 Å². The maximum atomic E-state index is 13.5. The fourth-order valence-corrected chi connectivity index (χ4v) is 5.74. The summed E-state index contributed by atoms with van der Waals surface area (Å²) >= 11 is 6.13. The van der Waals surface area contributed by atoms with Gasteiger partial charge in [-0.2, -0.15) is 0 Å². The number of amides is 1. The van der Waals surface area contributed by atoms with Crippen molar-refractivity contribution in [2.75, 3.05) is 10.8 Å². The van der Waals surface area contributed by atoms with E-state index in [0.29, 0.717) is 10.7 Å². The lowest BCUT2D eigenvalue weighted by atomic mass is 10.0. The van der Waals surface area contributed by atoms with E-state index in [1.165, 1.54) is 11.1 Å². The molecule has 0 unspecified atom stereocenters. The molecule has 1 atom stereocenters. The Bertz CT molecular complexity index is 1270. The number of hydrogen-bond donors (Lipinski definition) is 1. The van der Waals surface area contributed by atoms with E-state index in [9.17, 15) is 13.2 Å². The van der Waals surface area contributed by atoms with Crippen LogP contribution in [0.5, 0.6) is 0 Å². The topological polar surface area (TPSA) is 66.5 Å². The van der Waals surface area contributed by atoms with Crippen LogP contribution in [0, 0.1) is 6.92 Å². The second-order valence-corrected chi connectivity index (χ2v) is 10.8. The Kier molecular flexibility index (Phi) is 6.77. The van der Waals surface area contributed by atoms with E-state index in [1.807, 2.05) is 19.9 Å². The molecule has 0 aromatic heterocycles. The monoisotopic (exact) mass is 482 g/mol. The molecule has 33 heavy (non-hydrogen) atoms. The van der Waals surface area contributed by atoms with Crippen molar-refractivity contribution >= 4 is 33.2 Å². The molecule has 1 aliphatic rings. The number of nitrogens with zero attached hydrogens (tertiary/aromatic N) is 1. The number of sulfonamides is 1. The maximum absolute atomic E-state index is 13.5. The van der Waals surface area contributed by atoms with Crippen LogP contribution in [0.1, 0.15) is 41.6 Å². The molecule has 0 saturated carbocycles. The van der Waals surface area contributed by atoms with Crippen molar-refractivity contribution in [1.82, 2.24) is 5.32 Å². The number of fused-ring (bicyclic) bond motifs is 1. The molecule has 0 saturated heterocycles. The highest BCUT2D eigenvalue weighted by Gasteiger charge is 2.28. The molecule has 4 rings (SSSR count). The first-order chi connectivity index (χ1) is 15.7. The first kappa shape index (κ1) is 23.3. The zero-order valence-electron chi connectivity index (χ0n) is 18.7. The van der Waals surface area contributed by atoms with Gasteiger partial charge in [0.05, 0.1) is 16.6 Å². The molecule has 0 radical (unpaired) electrons. The number of carbonyl (C=O) groups is 1. The van der Waals surface area contributed by atoms with E-state index >= 15 is 0 Å². The van der Waals surface area contributed by atoms with Gasteiger partial charge < -0.3 is 5.32 Å². The van der Waals surface area contributed by atoms with Crippen molar-refractivity contribution in [3.8, 4) is 0 Å². The second-order valence-electron chi connectivity index (χ2n) is 8.48. The number of carbonyl (C=O) groups excluding carboxylic acids is 1. The number of aryl methyl sites for hydroxylation is 3. The summed E-state index contributed by atoms with van der Waals surface area (Å²) in [4.78, 5) is 13.1. The lowest BCUT2D eigenvalue weighted by Gasteiger charge is -2.25. The van der Waals surface area contributed by atoms with Gasteiger partial charge in [0.15, 0.2) is 0 Å². The number of hydrogen-bond acceptors (Lipinski definition) is 3. The Morgan fingerprint density at radius 2 is 1.76 bits per heavy atom. The van der Waals surface area contributed by atoms with Crippen molar-refractivity contribution < 1.29 is 13.2 Å². The Hall–Kier alpha value is -2.83. The van der Waals surface area contributed by atoms with Crippen LogP contribution in [-0.2, 0) is 27.7 Å². The largest absolute Gasteiger partial charge is 0.348 e. The van der Waals surface area contributed by atoms with Crippen LogP contribution in [-0.4, -0.2) is 20.9 Å². The molecule has 1 N–H and O–H groups in total. The SMILES string of the molecule is Cc1ccc(S(=O)(=O)N(CC(=O)N[C@@H](C)c2ccc3c(c2)CCC3)c2cccc(Cl)c2)cc1. The molecule has 1 aliphatic carbocycles. The lowest BCUT2D eigenvalue weighted by molar-refractivity contribution is -0.120. The molecule has 3 aromatic carbocycles. The van der Waals surface area contributed by atoms with Crippen molar-refractivity contribution in [1.29, 1.82) is 0 Å². The summed E-state index contributed by atoms with van der Waals surface area (Å²) in [7, 11) is -3.98. The minimum absolute atomic E-state index is 0.118. The molecule has 1 amide bonds. The van der Waals surface area contributed by atoms with Gasteiger partial charge in [-0.3, -0.25) is 9.10 Å². The van der Waals surface area contributed by atoms with Crippen LogP contribution >= 0.6 is 11.6 Å². The van der Waals surface area contributed by atoms with Crippen LogP contribution in [0.25, 0.3) is 0 Å². The van der Waals surface area contributed by atoms with Gasteiger partial charge in [0.25, 0.3) is 10.0 Å². The van der Waals surface area contributed by atoms with Crippen LogP contribution in [0.4, 0.5) is 5.69 Å². The lowest BCUT2D eigenvalue weighted by Crippen LogP contribution is -2.41. The zero-order valence-corrected chi connectivity index (χ0v) is 20.3. The fraction of sp³-hybridized carbons (Fsp3) is 0.269. The minimum atomic E-state index is -3.98. The van der Waals surface area contributed by atoms with Crippen LogP contribution in [0.15, 0.2) is 71.6 Å². The fourth-order valence-electron chi connectivity index (χ4n) is 4.15. The average molecular weight is 483 g/mol. The van der Waals surface area contributed by atoms with Crippen LogP contribution < -0.4 is 9.62 Å². The maximum Gasteiger partial charge on any atom is 0.264 e. The van der Waals surface area contributed by atoms with E-state index in [4.69, 9.17) is 11.6 Å². The standard InChI is InChI=1S/C26H27ClN2O3S/c1-18-9-13-25(14-10-18)33(31,32)29(24-8-4-7-23(27)16-24)17-26(30)28-19(2)21-12-11-20-5-3-6-22(20)15-21/h4,7-16,19H,3,5-6,17H2,1-2H3,(H,28,30)/t19-/m0/s1. The number of rotatable bonds is 7. The highest BCUT2D eigenvalue weighted by atomic mass is 35.5. The molecule has 5 nitrogen and oxygen atoms in total. The summed E-state index contributed by atoms with van der Waals surface area (Å²) in [5, 5.41) is 3.35. The third-order valence-corrected chi connectivity index (χ3v) is 8.02. The molecule has 0 aliphatic heterocycles. The van der Waals surface area contributed by atoms with Gasteiger partial charge in [-0.1, -0.05) is 53.6 Å². The van der Waals surface area contributed by atoms with Crippen molar-refractivity contribution in [2.45, 2.75) is 44.0 Å². The first-order valence-corrected chi connectivity index (χ1v) is 12.8. The molecule has 0 fully saturated rings. The van der Waals surface area contributed by atoms with Gasteiger partial charge in [0.1, 0.15) is 6.54 Å². The van der Waals surface area contributed by atoms with E-state index in [1.54, 1.807) is 48.5 Å². The molecule has 7 heteroatoms. The van der Waals surface area contributed by atoms with Gasteiger partial charge in [0.2, 0.25) is 5.91 Å². The van der Waals surface area contributed by atoms with E-state index < -0.39 is 15.9 Å². The second kappa shape index (κ2) is 9.57. The number of anilines is 1. The molecule has 0 spiro atoms. The average Bonchev–Trinajstić information content (AvgIpc) is 3.25. The summed E-state index contributed by atoms with van der Waals surface area (Å²) < 4.78 is 28.1. The quantitative estimate of drug-likeness (QED) is 0.502. The molecule has 0 bridgehead atoms. The summed E-state index contributed by atoms with van der Waals surface area (Å²) in [6, 6.07) is 19.1. The number of halogens is 1. The van der Waals surface area contributed by atoms with Gasteiger partial charge >= 0.3 is 0 Å². The Labute approximate surface area is 200 Å². The predicted molar refractivity (Wildman–Crippen MR) is 132 cm³/mol. The van der Waals surface area contributed by atoms with E-state index in [0.717, 1.165) is 34.7 Å². The van der Waals surface area contributed by atoms with E-state index in [-0.39, 0.29) is 17.5 Å². The molecular weight excluding hydrogens is 456 g/mol. The summed E-state index contributed by atoms with van der Waals surface area (Å²) in [6.45, 7) is 3.44. The Morgan fingerprint density at radius 3 is 2.48 bits per heavy atom. The first-order valence-electron chi connectivity index (χ1n) is 11.0. The highest BCUT2D eigenvalue weighted by molar-refractivity contribution is 7.92. The van der Waals surface area contributed by atoms with Gasteiger partial charge in [-0.25, -0.2) is 8.42 Å². The van der Waals surface area contributed by atoms with Crippen LogP contribution in [0.3, 0.4) is 0 Å². The normalized spacial score (nSPS) is 13.9. The van der Waals surface area contributed by atoms with Gasteiger partial charge in [-0.05, 0) is 80.1 Å².